The standard InChI is InChI=1S/C12H13BrN2O/c13-12-4-3-11(16-12)9-15-7-5-10-2-1-6-14-8-10/h1-4,6,8,15H,5,7,9H2. The van der Waals surface area contributed by atoms with E-state index in [2.05, 4.69) is 32.3 Å². The van der Waals surface area contributed by atoms with Crippen molar-refractivity contribution in [3.63, 3.8) is 0 Å². The summed E-state index contributed by atoms with van der Waals surface area (Å²) in [5, 5.41) is 3.32. The summed E-state index contributed by atoms with van der Waals surface area (Å²) in [6, 6.07) is 7.90. The van der Waals surface area contributed by atoms with Crippen LogP contribution in [0.2, 0.25) is 0 Å². The van der Waals surface area contributed by atoms with Crippen LogP contribution in [0.5, 0.6) is 0 Å². The summed E-state index contributed by atoms with van der Waals surface area (Å²) in [6.45, 7) is 1.68. The van der Waals surface area contributed by atoms with Crippen LogP contribution in [-0.2, 0) is 13.0 Å². The molecule has 4 heteroatoms. The lowest BCUT2D eigenvalue weighted by Crippen LogP contribution is -2.16. The average molecular weight is 281 g/mol. The summed E-state index contributed by atoms with van der Waals surface area (Å²) in [5.74, 6) is 0.943. The van der Waals surface area contributed by atoms with Gasteiger partial charge in [-0.05, 0) is 52.7 Å². The molecule has 2 aromatic heterocycles. The van der Waals surface area contributed by atoms with Gasteiger partial charge in [0.25, 0.3) is 0 Å². The Labute approximate surface area is 103 Å². The van der Waals surface area contributed by atoms with E-state index in [1.165, 1.54) is 5.56 Å². The van der Waals surface area contributed by atoms with Gasteiger partial charge in [-0.15, -0.1) is 0 Å². The molecule has 0 aliphatic carbocycles. The molecule has 0 aliphatic heterocycles. The minimum absolute atomic E-state index is 0.756. The van der Waals surface area contributed by atoms with E-state index in [9.17, 15) is 0 Å². The number of pyridine rings is 1. The van der Waals surface area contributed by atoms with Crippen molar-refractivity contribution in [1.29, 1.82) is 0 Å². The number of nitrogens with zero attached hydrogens (tertiary/aromatic N) is 1. The van der Waals surface area contributed by atoms with Gasteiger partial charge in [0.15, 0.2) is 4.67 Å². The van der Waals surface area contributed by atoms with Crippen LogP contribution in [0.15, 0.2) is 45.7 Å². The molecule has 0 aromatic carbocycles. The number of furan rings is 1. The van der Waals surface area contributed by atoms with Gasteiger partial charge in [-0.3, -0.25) is 4.98 Å². The first-order chi connectivity index (χ1) is 7.84. The Morgan fingerprint density at radius 2 is 2.25 bits per heavy atom. The lowest BCUT2D eigenvalue weighted by atomic mass is 10.2. The van der Waals surface area contributed by atoms with Crippen molar-refractivity contribution in [2.45, 2.75) is 13.0 Å². The van der Waals surface area contributed by atoms with E-state index in [0.717, 1.165) is 29.9 Å². The molecular weight excluding hydrogens is 268 g/mol. The van der Waals surface area contributed by atoms with Crippen LogP contribution < -0.4 is 5.32 Å². The van der Waals surface area contributed by atoms with Crippen molar-refractivity contribution < 1.29 is 4.42 Å². The van der Waals surface area contributed by atoms with Gasteiger partial charge in [-0.25, -0.2) is 0 Å². The molecule has 2 aromatic rings. The highest BCUT2D eigenvalue weighted by atomic mass is 79.9. The zero-order chi connectivity index (χ0) is 11.2. The van der Waals surface area contributed by atoms with E-state index >= 15 is 0 Å². The second kappa shape index (κ2) is 5.82. The van der Waals surface area contributed by atoms with Crippen molar-refractivity contribution in [3.8, 4) is 0 Å². The molecule has 16 heavy (non-hydrogen) atoms. The first-order valence-corrected chi connectivity index (χ1v) is 5.98. The first-order valence-electron chi connectivity index (χ1n) is 5.18. The summed E-state index contributed by atoms with van der Waals surface area (Å²) < 4.78 is 6.15. The summed E-state index contributed by atoms with van der Waals surface area (Å²) in [7, 11) is 0. The Morgan fingerprint density at radius 1 is 1.31 bits per heavy atom. The molecule has 3 nitrogen and oxygen atoms in total. The van der Waals surface area contributed by atoms with Gasteiger partial charge in [0.1, 0.15) is 5.76 Å². The van der Waals surface area contributed by atoms with E-state index in [4.69, 9.17) is 4.42 Å². The summed E-state index contributed by atoms with van der Waals surface area (Å²) >= 11 is 3.28. The van der Waals surface area contributed by atoms with E-state index in [-0.39, 0.29) is 0 Å². The zero-order valence-corrected chi connectivity index (χ0v) is 10.4. The third kappa shape index (κ3) is 3.47. The number of hydrogen-bond donors (Lipinski definition) is 1. The van der Waals surface area contributed by atoms with Gasteiger partial charge in [0.05, 0.1) is 6.54 Å². The second-order valence-corrected chi connectivity index (χ2v) is 4.28. The molecule has 2 heterocycles. The predicted octanol–water partition coefficient (Wildman–Crippen LogP) is 2.77. The molecule has 0 atom stereocenters. The highest BCUT2D eigenvalue weighted by Gasteiger charge is 1.98. The van der Waals surface area contributed by atoms with E-state index in [0.29, 0.717) is 0 Å². The molecule has 0 amide bonds. The third-order valence-corrected chi connectivity index (χ3v) is 2.67. The van der Waals surface area contributed by atoms with Gasteiger partial charge in [0, 0.05) is 12.4 Å². The van der Waals surface area contributed by atoms with Crippen LogP contribution in [0.3, 0.4) is 0 Å². The summed E-state index contributed by atoms with van der Waals surface area (Å²) in [6.07, 6.45) is 4.66. The van der Waals surface area contributed by atoms with Crippen LogP contribution in [0.1, 0.15) is 11.3 Å². The van der Waals surface area contributed by atoms with Crippen LogP contribution in [0.25, 0.3) is 0 Å². The van der Waals surface area contributed by atoms with Crippen LogP contribution in [0, 0.1) is 0 Å². The van der Waals surface area contributed by atoms with Crippen LogP contribution in [0.4, 0.5) is 0 Å². The second-order valence-electron chi connectivity index (χ2n) is 3.49. The Balaban J connectivity index is 1.69. The Kier molecular flexibility index (Phi) is 4.13. The molecule has 0 radical (unpaired) electrons. The number of hydrogen-bond acceptors (Lipinski definition) is 3. The number of nitrogens with one attached hydrogen (secondary N) is 1. The predicted molar refractivity (Wildman–Crippen MR) is 66.1 cm³/mol. The van der Waals surface area contributed by atoms with Gasteiger partial charge >= 0.3 is 0 Å². The smallest absolute Gasteiger partial charge is 0.169 e. The lowest BCUT2D eigenvalue weighted by molar-refractivity contribution is 0.466. The summed E-state index contributed by atoms with van der Waals surface area (Å²) in [5.41, 5.74) is 1.25. The fraction of sp³-hybridized carbons (Fsp3) is 0.250. The zero-order valence-electron chi connectivity index (χ0n) is 8.82. The van der Waals surface area contributed by atoms with Crippen LogP contribution >= 0.6 is 15.9 Å². The molecule has 0 unspecified atom stereocenters. The minimum atomic E-state index is 0.756. The number of rotatable bonds is 5. The van der Waals surface area contributed by atoms with Gasteiger partial charge in [0.2, 0.25) is 0 Å². The quantitative estimate of drug-likeness (QED) is 0.856. The lowest BCUT2D eigenvalue weighted by Gasteiger charge is -2.02. The fourth-order valence-corrected chi connectivity index (χ4v) is 1.78. The summed E-state index contributed by atoms with van der Waals surface area (Å²) in [4.78, 5) is 4.07. The maximum absolute atomic E-state index is 5.38. The molecular formula is C12H13BrN2O. The highest BCUT2D eigenvalue weighted by molar-refractivity contribution is 9.10. The molecule has 0 spiro atoms. The maximum atomic E-state index is 5.38. The third-order valence-electron chi connectivity index (χ3n) is 2.24. The number of aromatic nitrogens is 1. The van der Waals surface area contributed by atoms with Crippen molar-refractivity contribution in [1.82, 2.24) is 10.3 Å². The number of halogens is 1. The highest BCUT2D eigenvalue weighted by Crippen LogP contribution is 2.13. The fourth-order valence-electron chi connectivity index (χ4n) is 1.44. The minimum Gasteiger partial charge on any atom is -0.453 e. The molecule has 2 rings (SSSR count). The average Bonchev–Trinajstić information content (AvgIpc) is 2.72. The normalized spacial score (nSPS) is 10.6. The Bertz CT molecular complexity index is 428. The maximum Gasteiger partial charge on any atom is 0.169 e. The van der Waals surface area contributed by atoms with Crippen molar-refractivity contribution in [2.24, 2.45) is 0 Å². The molecule has 0 fully saturated rings. The van der Waals surface area contributed by atoms with E-state index < -0.39 is 0 Å². The molecule has 0 saturated carbocycles. The molecule has 0 bridgehead atoms. The van der Waals surface area contributed by atoms with Crippen molar-refractivity contribution in [3.05, 3.63) is 52.7 Å². The molecule has 0 aliphatic rings. The van der Waals surface area contributed by atoms with Crippen LogP contribution in [-0.4, -0.2) is 11.5 Å². The van der Waals surface area contributed by atoms with Gasteiger partial charge in [-0.1, -0.05) is 6.07 Å². The first kappa shape index (κ1) is 11.4. The largest absolute Gasteiger partial charge is 0.453 e. The van der Waals surface area contributed by atoms with E-state index in [1.54, 1.807) is 6.20 Å². The Hall–Kier alpha value is -1.13. The monoisotopic (exact) mass is 280 g/mol. The SMILES string of the molecule is Brc1ccc(CNCCc2cccnc2)o1. The topological polar surface area (TPSA) is 38.1 Å². The van der Waals surface area contributed by atoms with Gasteiger partial charge < -0.3 is 9.73 Å². The van der Waals surface area contributed by atoms with E-state index in [1.807, 2.05) is 24.4 Å². The molecule has 0 saturated heterocycles. The molecule has 84 valence electrons. The van der Waals surface area contributed by atoms with Crippen molar-refractivity contribution >= 4 is 15.9 Å². The van der Waals surface area contributed by atoms with Crippen molar-refractivity contribution in [2.75, 3.05) is 6.54 Å². The Morgan fingerprint density at radius 3 is 2.94 bits per heavy atom. The molecule has 1 N–H and O–H groups in total. The van der Waals surface area contributed by atoms with Gasteiger partial charge in [-0.2, -0.15) is 0 Å².